The fourth-order valence-electron chi connectivity index (χ4n) is 0.343. The Morgan fingerprint density at radius 3 is 2.56 bits per heavy atom. The predicted molar refractivity (Wildman–Crippen MR) is 30.2 cm³/mol. The van der Waals surface area contributed by atoms with E-state index in [-0.39, 0.29) is 68.9 Å². The molecule has 48 valence electrons. The van der Waals surface area contributed by atoms with E-state index in [4.69, 9.17) is 10.8 Å². The average molecular weight is 249 g/mol. The Kier molecular flexibility index (Phi) is 13.5. The second kappa shape index (κ2) is 9.35. The van der Waals surface area contributed by atoms with Crippen LogP contribution in [-0.2, 0) is 4.79 Å². The second-order valence-electron chi connectivity index (χ2n) is 1.47. The van der Waals surface area contributed by atoms with Gasteiger partial charge in [0.15, 0.2) is 5.97 Å². The Labute approximate surface area is 114 Å². The van der Waals surface area contributed by atoms with Crippen molar-refractivity contribution in [3.05, 3.63) is 6.42 Å². The van der Waals surface area contributed by atoms with Crippen LogP contribution in [0.5, 0.6) is 0 Å². The molecule has 0 aromatic rings. The van der Waals surface area contributed by atoms with Gasteiger partial charge in [0.25, 0.3) is 0 Å². The van der Waals surface area contributed by atoms with E-state index in [9.17, 15) is 4.79 Å². The molecule has 0 heterocycles. The van der Waals surface area contributed by atoms with Gasteiger partial charge in [-0.2, -0.15) is 6.42 Å². The van der Waals surface area contributed by atoms with E-state index in [1.165, 1.54) is 6.42 Å². The van der Waals surface area contributed by atoms with Crippen LogP contribution in [0.25, 0.3) is 0 Å². The standard InChI is InChI=1S/C5H10NO2.Cs/c6-4-2-1-3-5(7)8;/h3H,1-2,4,6H2,(H,7,8);/q-1;+1. The summed E-state index contributed by atoms with van der Waals surface area (Å²) in [4.78, 5) is 9.78. The zero-order valence-corrected chi connectivity index (χ0v) is 11.9. The SMILES string of the molecule is NCCC[CH-]C(=O)O.[Cs+]. The van der Waals surface area contributed by atoms with Crippen LogP contribution in [-0.4, -0.2) is 17.6 Å². The number of unbranched alkanes of at least 4 members (excludes halogenated alkanes) is 1. The molecule has 3 nitrogen and oxygen atoms in total. The number of carboxylic acid groups (broad SMARTS) is 1. The summed E-state index contributed by atoms with van der Waals surface area (Å²) in [6.07, 6.45) is 2.55. The first-order valence-electron chi connectivity index (χ1n) is 2.53. The molecule has 4 heteroatoms. The van der Waals surface area contributed by atoms with E-state index in [0.29, 0.717) is 13.0 Å². The molecule has 0 aromatic heterocycles. The van der Waals surface area contributed by atoms with Crippen molar-refractivity contribution in [3.63, 3.8) is 0 Å². The van der Waals surface area contributed by atoms with Crippen LogP contribution in [0.4, 0.5) is 0 Å². The molecule has 0 radical (unpaired) electrons. The molecule has 3 N–H and O–H groups in total. The van der Waals surface area contributed by atoms with E-state index < -0.39 is 5.97 Å². The minimum absolute atomic E-state index is 0. The number of carbonyl (C=O) groups is 1. The molecule has 0 aromatic carbocycles. The fraction of sp³-hybridized carbons (Fsp3) is 0.600. The molecule has 0 spiro atoms. The van der Waals surface area contributed by atoms with Gasteiger partial charge in [-0.1, -0.05) is 6.42 Å². The van der Waals surface area contributed by atoms with Gasteiger partial charge in [-0.25, -0.2) is 0 Å². The van der Waals surface area contributed by atoms with Crippen LogP contribution in [0.3, 0.4) is 0 Å². The number of aliphatic carboxylic acids is 1. The molecule has 0 rings (SSSR count). The van der Waals surface area contributed by atoms with Crippen molar-refractivity contribution in [2.24, 2.45) is 5.73 Å². The van der Waals surface area contributed by atoms with Gasteiger partial charge in [-0.05, 0) is 6.54 Å². The first-order valence-corrected chi connectivity index (χ1v) is 2.53. The molecule has 0 unspecified atom stereocenters. The van der Waals surface area contributed by atoms with Gasteiger partial charge >= 0.3 is 68.9 Å². The fourth-order valence-corrected chi connectivity index (χ4v) is 0.343. The normalized spacial score (nSPS) is 7.67. The predicted octanol–water partition coefficient (Wildman–Crippen LogP) is -2.98. The molecule has 0 aliphatic rings. The summed E-state index contributed by atoms with van der Waals surface area (Å²) in [6.45, 7) is 0.559. The molecule has 0 aliphatic heterocycles. The number of nitrogens with two attached hydrogens (primary N) is 1. The van der Waals surface area contributed by atoms with Crippen molar-refractivity contribution in [1.82, 2.24) is 0 Å². The summed E-state index contributed by atoms with van der Waals surface area (Å²) in [5.74, 6) is -0.863. The number of carboxylic acids is 1. The summed E-state index contributed by atoms with van der Waals surface area (Å²) in [5, 5.41) is 8.04. The smallest absolute Gasteiger partial charge is 0.503 e. The zero-order valence-electron chi connectivity index (χ0n) is 5.63. The Bertz CT molecular complexity index is 77.4. The van der Waals surface area contributed by atoms with Gasteiger partial charge in [0.2, 0.25) is 0 Å². The first kappa shape index (κ1) is 13.0. The number of hydrogen-bond acceptors (Lipinski definition) is 2. The topological polar surface area (TPSA) is 63.3 Å². The van der Waals surface area contributed by atoms with E-state index >= 15 is 0 Å². The summed E-state index contributed by atoms with van der Waals surface area (Å²) >= 11 is 0. The Morgan fingerprint density at radius 1 is 1.67 bits per heavy atom. The molecular weight excluding hydrogens is 239 g/mol. The van der Waals surface area contributed by atoms with Crippen LogP contribution >= 0.6 is 0 Å². The van der Waals surface area contributed by atoms with Crippen LogP contribution in [0, 0.1) is 6.42 Å². The summed E-state index contributed by atoms with van der Waals surface area (Å²) in [7, 11) is 0. The summed E-state index contributed by atoms with van der Waals surface area (Å²) < 4.78 is 0. The largest absolute Gasteiger partial charge is 1.00 e. The van der Waals surface area contributed by atoms with E-state index in [1.807, 2.05) is 0 Å². The van der Waals surface area contributed by atoms with Crippen molar-refractivity contribution in [3.8, 4) is 0 Å². The van der Waals surface area contributed by atoms with Crippen LogP contribution in [0.2, 0.25) is 0 Å². The maximum atomic E-state index is 9.78. The zero-order chi connectivity index (χ0) is 6.41. The van der Waals surface area contributed by atoms with Crippen molar-refractivity contribution < 1.29 is 78.8 Å². The molecule has 0 aliphatic carbocycles. The Morgan fingerprint density at radius 2 is 2.22 bits per heavy atom. The molecule has 0 saturated heterocycles. The molecular formula is C5H10CsNO2. The second-order valence-corrected chi connectivity index (χ2v) is 1.47. The van der Waals surface area contributed by atoms with Crippen LogP contribution in [0.1, 0.15) is 12.8 Å². The third-order valence-corrected chi connectivity index (χ3v) is 0.727. The van der Waals surface area contributed by atoms with Crippen molar-refractivity contribution in [1.29, 1.82) is 0 Å². The maximum Gasteiger partial charge on any atom is 1.00 e. The molecule has 0 atom stereocenters. The van der Waals surface area contributed by atoms with Gasteiger partial charge in [0, 0.05) is 0 Å². The maximum absolute atomic E-state index is 9.78. The van der Waals surface area contributed by atoms with Crippen molar-refractivity contribution in [2.45, 2.75) is 12.8 Å². The van der Waals surface area contributed by atoms with Crippen LogP contribution < -0.4 is 74.6 Å². The Balaban J connectivity index is 0. The Hall–Kier alpha value is 1.35. The molecule has 0 saturated carbocycles. The van der Waals surface area contributed by atoms with Crippen molar-refractivity contribution >= 4 is 5.97 Å². The molecule has 0 amide bonds. The number of hydrogen-bond donors (Lipinski definition) is 2. The minimum Gasteiger partial charge on any atom is -0.503 e. The third kappa shape index (κ3) is 12.5. The van der Waals surface area contributed by atoms with Crippen LogP contribution in [0.15, 0.2) is 0 Å². The average Bonchev–Trinajstić information content (AvgIpc) is 1.66. The van der Waals surface area contributed by atoms with Gasteiger partial charge in [-0.15, -0.1) is 0 Å². The third-order valence-electron chi connectivity index (χ3n) is 0.727. The minimum atomic E-state index is -0.863. The molecule has 9 heavy (non-hydrogen) atoms. The van der Waals surface area contributed by atoms with Gasteiger partial charge < -0.3 is 10.8 Å². The van der Waals surface area contributed by atoms with Gasteiger partial charge in [-0.3, -0.25) is 11.2 Å². The van der Waals surface area contributed by atoms with E-state index in [2.05, 4.69) is 0 Å². The van der Waals surface area contributed by atoms with E-state index in [1.54, 1.807) is 0 Å². The van der Waals surface area contributed by atoms with Gasteiger partial charge in [0.1, 0.15) is 0 Å². The summed E-state index contributed by atoms with van der Waals surface area (Å²) in [6, 6.07) is 0. The van der Waals surface area contributed by atoms with Gasteiger partial charge in [0.05, 0.1) is 0 Å². The first-order chi connectivity index (χ1) is 3.77. The quantitative estimate of drug-likeness (QED) is 0.413. The summed E-state index contributed by atoms with van der Waals surface area (Å²) in [5.41, 5.74) is 5.10. The molecule has 0 fully saturated rings. The van der Waals surface area contributed by atoms with E-state index in [0.717, 1.165) is 6.42 Å². The van der Waals surface area contributed by atoms with Crippen molar-refractivity contribution in [2.75, 3.05) is 6.54 Å². The molecule has 0 bridgehead atoms. The number of rotatable bonds is 4. The monoisotopic (exact) mass is 249 g/mol.